The molecule has 0 aromatic heterocycles. The lowest BCUT2D eigenvalue weighted by Crippen LogP contribution is -2.17. The Morgan fingerprint density at radius 1 is 1.44 bits per heavy atom. The average Bonchev–Trinajstić information content (AvgIpc) is 2.16. The van der Waals surface area contributed by atoms with Crippen molar-refractivity contribution in [3.05, 3.63) is 40.7 Å². The van der Waals surface area contributed by atoms with Gasteiger partial charge in [-0.2, -0.15) is 0 Å². The first-order chi connectivity index (χ1) is 7.38. The van der Waals surface area contributed by atoms with E-state index in [0.717, 1.165) is 0 Å². The Balaban J connectivity index is 2.59. The normalized spacial score (nSPS) is 12.3. The molecule has 1 nitrogen and oxygen atoms in total. The molecule has 0 saturated heterocycles. The molecular weight excluding hydrogens is 227 g/mol. The number of hydrogen-bond acceptors (Lipinski definition) is 1. The molecule has 1 rings (SSSR count). The monoisotopic (exact) mass is 242 g/mol. The molecule has 0 heterocycles. The highest BCUT2D eigenvalue weighted by Gasteiger charge is 2.09. The van der Waals surface area contributed by atoms with Crippen LogP contribution in [0.3, 0.4) is 0 Å². The van der Waals surface area contributed by atoms with Crippen molar-refractivity contribution < 1.29 is 9.50 Å². The number of allylic oxidation sites excluding steroid dienone is 1. The van der Waals surface area contributed by atoms with Gasteiger partial charge < -0.3 is 5.11 Å². The molecule has 0 radical (unpaired) electrons. The quantitative estimate of drug-likeness (QED) is 0.845. The van der Waals surface area contributed by atoms with Crippen LogP contribution < -0.4 is 0 Å². The van der Waals surface area contributed by atoms with Crippen molar-refractivity contribution in [2.75, 3.05) is 0 Å². The van der Waals surface area contributed by atoms with Crippen LogP contribution in [0.1, 0.15) is 32.3 Å². The Morgan fingerprint density at radius 3 is 2.75 bits per heavy atom. The first-order valence-corrected chi connectivity index (χ1v) is 5.60. The number of rotatable bonds is 4. The SMILES string of the molecule is CC(C)(O)CC/C=C/c1cc(Cl)ccc1F. The van der Waals surface area contributed by atoms with E-state index in [4.69, 9.17) is 11.6 Å². The van der Waals surface area contributed by atoms with Crippen molar-refractivity contribution in [2.45, 2.75) is 32.3 Å². The fraction of sp³-hybridized carbons (Fsp3) is 0.385. The first kappa shape index (κ1) is 13.2. The molecule has 0 unspecified atom stereocenters. The largest absolute Gasteiger partial charge is 0.390 e. The topological polar surface area (TPSA) is 20.2 Å². The van der Waals surface area contributed by atoms with Crippen LogP contribution >= 0.6 is 11.6 Å². The molecule has 3 heteroatoms. The van der Waals surface area contributed by atoms with Crippen LogP contribution in [-0.4, -0.2) is 10.7 Å². The highest BCUT2D eigenvalue weighted by atomic mass is 35.5. The fourth-order valence-corrected chi connectivity index (χ4v) is 1.47. The second kappa shape index (κ2) is 5.46. The molecule has 0 aliphatic heterocycles. The molecule has 0 fully saturated rings. The molecular formula is C13H16ClFO. The van der Waals surface area contributed by atoms with Gasteiger partial charge in [0, 0.05) is 10.6 Å². The van der Waals surface area contributed by atoms with Crippen LogP contribution in [0.15, 0.2) is 24.3 Å². The summed E-state index contributed by atoms with van der Waals surface area (Å²) in [7, 11) is 0. The summed E-state index contributed by atoms with van der Waals surface area (Å²) in [4.78, 5) is 0. The van der Waals surface area contributed by atoms with Crippen LogP contribution in [0.4, 0.5) is 4.39 Å². The second-order valence-electron chi connectivity index (χ2n) is 4.42. The Hall–Kier alpha value is -0.860. The Bertz CT molecular complexity index is 380. The highest BCUT2D eigenvalue weighted by molar-refractivity contribution is 6.30. The first-order valence-electron chi connectivity index (χ1n) is 5.22. The lowest BCUT2D eigenvalue weighted by atomic mass is 10.0. The molecule has 0 atom stereocenters. The molecule has 1 aromatic rings. The Morgan fingerprint density at radius 2 is 2.12 bits per heavy atom. The van der Waals surface area contributed by atoms with E-state index in [1.807, 2.05) is 6.08 Å². The van der Waals surface area contributed by atoms with Crippen LogP contribution in [0.5, 0.6) is 0 Å². The van der Waals surface area contributed by atoms with Crippen molar-refractivity contribution in [1.82, 2.24) is 0 Å². The number of hydrogen-bond donors (Lipinski definition) is 1. The molecule has 0 spiro atoms. The van der Waals surface area contributed by atoms with Crippen molar-refractivity contribution in [3.8, 4) is 0 Å². The summed E-state index contributed by atoms with van der Waals surface area (Å²) in [6.07, 6.45) is 4.88. The lowest BCUT2D eigenvalue weighted by molar-refractivity contribution is 0.0722. The van der Waals surface area contributed by atoms with Crippen molar-refractivity contribution >= 4 is 17.7 Å². The van der Waals surface area contributed by atoms with E-state index in [1.54, 1.807) is 26.0 Å². The maximum absolute atomic E-state index is 13.3. The zero-order valence-electron chi connectivity index (χ0n) is 9.50. The van der Waals surface area contributed by atoms with E-state index in [2.05, 4.69) is 0 Å². The molecule has 1 aromatic carbocycles. The summed E-state index contributed by atoms with van der Waals surface area (Å²) >= 11 is 5.76. The summed E-state index contributed by atoms with van der Waals surface area (Å²) in [5, 5.41) is 10.0. The van der Waals surface area contributed by atoms with Crippen LogP contribution in [-0.2, 0) is 0 Å². The molecule has 0 aliphatic rings. The Labute approximate surface area is 101 Å². The minimum absolute atomic E-state index is 0.288. The van der Waals surface area contributed by atoms with Gasteiger partial charge in [-0.3, -0.25) is 0 Å². The molecule has 16 heavy (non-hydrogen) atoms. The third kappa shape index (κ3) is 4.77. The van der Waals surface area contributed by atoms with Gasteiger partial charge in [0.1, 0.15) is 5.82 Å². The van der Waals surface area contributed by atoms with E-state index in [-0.39, 0.29) is 5.82 Å². The van der Waals surface area contributed by atoms with Crippen LogP contribution in [0, 0.1) is 5.82 Å². The summed E-state index contributed by atoms with van der Waals surface area (Å²) < 4.78 is 13.3. The van der Waals surface area contributed by atoms with Crippen LogP contribution in [0.25, 0.3) is 6.08 Å². The summed E-state index contributed by atoms with van der Waals surface area (Å²) in [5.74, 6) is -0.288. The van der Waals surface area contributed by atoms with Crippen molar-refractivity contribution in [1.29, 1.82) is 0 Å². The van der Waals surface area contributed by atoms with Gasteiger partial charge >= 0.3 is 0 Å². The molecule has 0 aliphatic carbocycles. The summed E-state index contributed by atoms with van der Waals surface area (Å²) in [6.45, 7) is 3.50. The predicted octanol–water partition coefficient (Wildman–Crippen LogP) is 4.04. The van der Waals surface area contributed by atoms with Gasteiger partial charge in [0.2, 0.25) is 0 Å². The van der Waals surface area contributed by atoms with Gasteiger partial charge in [0.05, 0.1) is 5.60 Å². The zero-order valence-corrected chi connectivity index (χ0v) is 10.3. The Kier molecular flexibility index (Phi) is 4.51. The third-order valence-corrected chi connectivity index (χ3v) is 2.41. The minimum Gasteiger partial charge on any atom is -0.390 e. The van der Waals surface area contributed by atoms with E-state index >= 15 is 0 Å². The maximum Gasteiger partial charge on any atom is 0.130 e. The molecule has 1 N–H and O–H groups in total. The minimum atomic E-state index is -0.683. The smallest absolute Gasteiger partial charge is 0.130 e. The van der Waals surface area contributed by atoms with Gasteiger partial charge in [-0.15, -0.1) is 0 Å². The summed E-state index contributed by atoms with van der Waals surface area (Å²) in [5.41, 5.74) is -0.208. The van der Waals surface area contributed by atoms with E-state index in [0.29, 0.717) is 23.4 Å². The van der Waals surface area contributed by atoms with E-state index in [1.165, 1.54) is 12.1 Å². The molecule has 88 valence electrons. The van der Waals surface area contributed by atoms with Crippen LogP contribution in [0.2, 0.25) is 5.02 Å². The third-order valence-electron chi connectivity index (χ3n) is 2.18. The number of halogens is 2. The van der Waals surface area contributed by atoms with Gasteiger partial charge in [-0.05, 0) is 44.9 Å². The average molecular weight is 243 g/mol. The molecule has 0 saturated carbocycles. The highest BCUT2D eigenvalue weighted by Crippen LogP contribution is 2.17. The van der Waals surface area contributed by atoms with Crippen molar-refractivity contribution in [2.24, 2.45) is 0 Å². The van der Waals surface area contributed by atoms with E-state index in [9.17, 15) is 9.50 Å². The summed E-state index contributed by atoms with van der Waals surface area (Å²) in [6, 6.07) is 4.44. The van der Waals surface area contributed by atoms with Gasteiger partial charge in [0.15, 0.2) is 0 Å². The van der Waals surface area contributed by atoms with Crippen molar-refractivity contribution in [3.63, 3.8) is 0 Å². The number of aliphatic hydroxyl groups is 1. The van der Waals surface area contributed by atoms with Gasteiger partial charge in [-0.25, -0.2) is 4.39 Å². The van der Waals surface area contributed by atoms with Gasteiger partial charge in [0.25, 0.3) is 0 Å². The second-order valence-corrected chi connectivity index (χ2v) is 4.86. The fourth-order valence-electron chi connectivity index (χ4n) is 1.29. The zero-order chi connectivity index (χ0) is 12.2. The lowest BCUT2D eigenvalue weighted by Gasteiger charge is -2.14. The maximum atomic E-state index is 13.3. The molecule has 0 amide bonds. The molecule has 0 bridgehead atoms. The number of benzene rings is 1. The van der Waals surface area contributed by atoms with E-state index < -0.39 is 5.60 Å². The van der Waals surface area contributed by atoms with Gasteiger partial charge in [-0.1, -0.05) is 23.8 Å². The standard InChI is InChI=1S/C13H16ClFO/c1-13(2,16)8-4-3-5-10-9-11(14)6-7-12(10)15/h3,5-7,9,16H,4,8H2,1-2H3/b5-3+. The predicted molar refractivity (Wildman–Crippen MR) is 66.0 cm³/mol.